The predicted octanol–water partition coefficient (Wildman–Crippen LogP) is 0.733. The Hall–Kier alpha value is -2.24. The molecule has 1 rings (SSSR count). The molecule has 0 heterocycles. The van der Waals surface area contributed by atoms with Gasteiger partial charge in [0.15, 0.2) is 0 Å². The summed E-state index contributed by atoms with van der Waals surface area (Å²) in [4.78, 5) is 24.2. The number of rotatable bonds is 4. The molecule has 0 saturated carbocycles. The molecule has 0 atom stereocenters. The highest BCUT2D eigenvalue weighted by Gasteiger charge is 2.21. The third-order valence-corrected chi connectivity index (χ3v) is 2.25. The zero-order valence-corrected chi connectivity index (χ0v) is 10.2. The predicted molar refractivity (Wildman–Crippen MR) is 63.4 cm³/mol. The van der Waals surface area contributed by atoms with Gasteiger partial charge in [-0.15, -0.1) is 0 Å². The molecule has 1 aromatic rings. The van der Waals surface area contributed by atoms with Gasteiger partial charge >= 0.3 is 5.97 Å². The second kappa shape index (κ2) is 5.90. The summed E-state index contributed by atoms with van der Waals surface area (Å²) in [6, 6.07) is 3.98. The lowest BCUT2D eigenvalue weighted by atomic mass is 10.1. The molecule has 0 aliphatic heterocycles. The Morgan fingerprint density at radius 3 is 2.33 bits per heavy atom. The molecule has 1 amide bonds. The number of ether oxygens (including phenoxy) is 1. The lowest BCUT2D eigenvalue weighted by Gasteiger charge is -2.17. The molecule has 0 aliphatic rings. The third-order valence-electron chi connectivity index (χ3n) is 2.25. The van der Waals surface area contributed by atoms with Crippen molar-refractivity contribution in [1.82, 2.24) is 4.90 Å². The fourth-order valence-corrected chi connectivity index (χ4v) is 1.41. The lowest BCUT2D eigenvalue weighted by Crippen LogP contribution is -2.33. The van der Waals surface area contributed by atoms with Crippen LogP contribution in [0.3, 0.4) is 0 Å². The van der Waals surface area contributed by atoms with Crippen LogP contribution in [-0.4, -0.2) is 47.2 Å². The second-order valence-corrected chi connectivity index (χ2v) is 3.64. The van der Waals surface area contributed by atoms with E-state index < -0.39 is 11.9 Å². The van der Waals surface area contributed by atoms with Gasteiger partial charge in [-0.25, -0.2) is 0 Å². The molecular formula is C12H15NO5. The topological polar surface area (TPSA) is 87.1 Å². The minimum atomic E-state index is -0.654. The SMILES string of the molecule is CCOC(=O)CN(C)C(=O)c1c(O)cccc1O. The van der Waals surface area contributed by atoms with E-state index in [1.165, 1.54) is 25.2 Å². The summed E-state index contributed by atoms with van der Waals surface area (Å²) in [5.74, 6) is -1.88. The number of nitrogens with zero attached hydrogens (tertiary/aromatic N) is 1. The minimum absolute atomic E-state index is 0.225. The normalized spacial score (nSPS) is 9.89. The van der Waals surface area contributed by atoms with Crippen molar-refractivity contribution in [2.75, 3.05) is 20.2 Å². The van der Waals surface area contributed by atoms with Crippen molar-refractivity contribution in [3.05, 3.63) is 23.8 Å². The molecule has 0 aromatic heterocycles. The molecule has 0 fully saturated rings. The van der Waals surface area contributed by atoms with Gasteiger partial charge in [-0.2, -0.15) is 0 Å². The largest absolute Gasteiger partial charge is 0.507 e. The average Bonchev–Trinajstić information content (AvgIpc) is 2.28. The number of phenols is 2. The van der Waals surface area contributed by atoms with Crippen LogP contribution >= 0.6 is 0 Å². The quantitative estimate of drug-likeness (QED) is 0.772. The summed E-state index contributed by atoms with van der Waals surface area (Å²) in [6.07, 6.45) is 0. The number of esters is 1. The van der Waals surface area contributed by atoms with Gasteiger partial charge in [-0.05, 0) is 19.1 Å². The van der Waals surface area contributed by atoms with E-state index in [9.17, 15) is 19.8 Å². The van der Waals surface area contributed by atoms with Crippen LogP contribution in [-0.2, 0) is 9.53 Å². The number of aromatic hydroxyl groups is 2. The molecule has 0 spiro atoms. The Balaban J connectivity index is 2.84. The molecule has 2 N–H and O–H groups in total. The van der Waals surface area contributed by atoms with E-state index in [2.05, 4.69) is 0 Å². The third kappa shape index (κ3) is 3.13. The molecule has 18 heavy (non-hydrogen) atoms. The number of likely N-dealkylation sites (N-methyl/N-ethyl adjacent to an activating group) is 1. The number of carbonyl (C=O) groups excluding carboxylic acids is 2. The molecule has 6 nitrogen and oxygen atoms in total. The first-order chi connectivity index (χ1) is 8.47. The van der Waals surface area contributed by atoms with Crippen LogP contribution in [0.5, 0.6) is 11.5 Å². The Morgan fingerprint density at radius 2 is 1.83 bits per heavy atom. The first-order valence-electron chi connectivity index (χ1n) is 5.39. The number of phenolic OH excluding ortho intramolecular Hbond substituents is 2. The maximum Gasteiger partial charge on any atom is 0.325 e. The van der Waals surface area contributed by atoms with E-state index in [4.69, 9.17) is 4.74 Å². The summed E-state index contributed by atoms with van der Waals surface area (Å²) in [6.45, 7) is 1.64. The summed E-state index contributed by atoms with van der Waals surface area (Å²) < 4.78 is 4.70. The number of benzene rings is 1. The summed E-state index contributed by atoms with van der Waals surface area (Å²) >= 11 is 0. The van der Waals surface area contributed by atoms with Gasteiger partial charge in [-0.1, -0.05) is 6.07 Å². The van der Waals surface area contributed by atoms with Gasteiger partial charge in [0, 0.05) is 7.05 Å². The summed E-state index contributed by atoms with van der Waals surface area (Å²) in [5, 5.41) is 19.0. The first-order valence-corrected chi connectivity index (χ1v) is 5.39. The van der Waals surface area contributed by atoms with Crippen LogP contribution in [0.25, 0.3) is 0 Å². The van der Waals surface area contributed by atoms with Crippen LogP contribution in [0.1, 0.15) is 17.3 Å². The molecule has 0 saturated heterocycles. The van der Waals surface area contributed by atoms with E-state index in [1.54, 1.807) is 6.92 Å². The lowest BCUT2D eigenvalue weighted by molar-refractivity contribution is -0.143. The first kappa shape index (κ1) is 13.8. The average molecular weight is 253 g/mol. The highest BCUT2D eigenvalue weighted by Crippen LogP contribution is 2.27. The fourth-order valence-electron chi connectivity index (χ4n) is 1.41. The molecule has 0 bridgehead atoms. The van der Waals surface area contributed by atoms with Gasteiger partial charge in [-0.3, -0.25) is 9.59 Å². The van der Waals surface area contributed by atoms with Crippen LogP contribution in [0, 0.1) is 0 Å². The van der Waals surface area contributed by atoms with Gasteiger partial charge in [0.1, 0.15) is 23.6 Å². The maximum atomic E-state index is 11.9. The van der Waals surface area contributed by atoms with Gasteiger partial charge in [0.2, 0.25) is 0 Å². The van der Waals surface area contributed by atoms with Crippen LogP contribution in [0.4, 0.5) is 0 Å². The van der Waals surface area contributed by atoms with Crippen molar-refractivity contribution < 1.29 is 24.5 Å². The van der Waals surface area contributed by atoms with Gasteiger partial charge in [0.05, 0.1) is 6.61 Å². The smallest absolute Gasteiger partial charge is 0.325 e. The van der Waals surface area contributed by atoms with Crippen LogP contribution in [0.2, 0.25) is 0 Å². The van der Waals surface area contributed by atoms with Crippen LogP contribution in [0.15, 0.2) is 18.2 Å². The maximum absolute atomic E-state index is 11.9. The standard InChI is InChI=1S/C12H15NO5/c1-3-18-10(16)7-13(2)12(17)11-8(14)5-4-6-9(11)15/h4-6,14-15H,3,7H2,1-2H3. The Bertz CT molecular complexity index is 438. The van der Waals surface area contributed by atoms with Crippen molar-refractivity contribution in [2.24, 2.45) is 0 Å². The van der Waals surface area contributed by atoms with Crippen LogP contribution < -0.4 is 0 Å². The van der Waals surface area contributed by atoms with E-state index in [0.717, 1.165) is 4.90 Å². The number of carbonyl (C=O) groups is 2. The highest BCUT2D eigenvalue weighted by molar-refractivity contribution is 6.00. The zero-order chi connectivity index (χ0) is 13.7. The monoisotopic (exact) mass is 253 g/mol. The number of hydrogen-bond acceptors (Lipinski definition) is 5. The molecular weight excluding hydrogens is 238 g/mol. The summed E-state index contributed by atoms with van der Waals surface area (Å²) in [7, 11) is 1.38. The number of amides is 1. The molecule has 1 aromatic carbocycles. The Labute approximate surface area is 104 Å². The Morgan fingerprint density at radius 1 is 1.28 bits per heavy atom. The van der Waals surface area contributed by atoms with E-state index in [-0.39, 0.29) is 30.2 Å². The molecule has 6 heteroatoms. The zero-order valence-electron chi connectivity index (χ0n) is 10.2. The Kier molecular flexibility index (Phi) is 4.53. The molecule has 0 aliphatic carbocycles. The van der Waals surface area contributed by atoms with Crippen molar-refractivity contribution in [1.29, 1.82) is 0 Å². The molecule has 98 valence electrons. The van der Waals surface area contributed by atoms with E-state index >= 15 is 0 Å². The van der Waals surface area contributed by atoms with E-state index in [0.29, 0.717) is 0 Å². The summed E-state index contributed by atoms with van der Waals surface area (Å²) in [5.41, 5.74) is -0.232. The van der Waals surface area contributed by atoms with Gasteiger partial charge in [0.25, 0.3) is 5.91 Å². The minimum Gasteiger partial charge on any atom is -0.507 e. The fraction of sp³-hybridized carbons (Fsp3) is 0.333. The molecule has 0 unspecified atom stereocenters. The van der Waals surface area contributed by atoms with Crippen molar-refractivity contribution >= 4 is 11.9 Å². The van der Waals surface area contributed by atoms with Crippen molar-refractivity contribution in [2.45, 2.75) is 6.92 Å². The van der Waals surface area contributed by atoms with E-state index in [1.807, 2.05) is 0 Å². The highest BCUT2D eigenvalue weighted by atomic mass is 16.5. The van der Waals surface area contributed by atoms with Crippen molar-refractivity contribution in [3.63, 3.8) is 0 Å². The van der Waals surface area contributed by atoms with Crippen molar-refractivity contribution in [3.8, 4) is 11.5 Å². The number of hydrogen-bond donors (Lipinski definition) is 2. The van der Waals surface area contributed by atoms with Gasteiger partial charge < -0.3 is 19.8 Å². The molecule has 0 radical (unpaired) electrons. The second-order valence-electron chi connectivity index (χ2n) is 3.64.